The van der Waals surface area contributed by atoms with E-state index in [1.54, 1.807) is 7.11 Å². The van der Waals surface area contributed by atoms with E-state index >= 15 is 0 Å². The van der Waals surface area contributed by atoms with E-state index in [2.05, 4.69) is 32.0 Å². The first kappa shape index (κ1) is 20.0. The fourth-order valence-electron chi connectivity index (χ4n) is 4.10. The van der Waals surface area contributed by atoms with Crippen LogP contribution in [0.1, 0.15) is 38.2 Å². The molecule has 2 fully saturated rings. The molecule has 27 heavy (non-hydrogen) atoms. The first-order valence-corrected chi connectivity index (χ1v) is 10.3. The number of ether oxygens (including phenoxy) is 1. The fourth-order valence-corrected chi connectivity index (χ4v) is 4.10. The highest BCUT2D eigenvalue weighted by atomic mass is 16.5. The first-order chi connectivity index (χ1) is 13.2. The van der Waals surface area contributed by atoms with Gasteiger partial charge in [-0.1, -0.05) is 6.92 Å². The molecule has 1 amide bonds. The molecular weight excluding hydrogens is 342 g/mol. The Morgan fingerprint density at radius 2 is 1.96 bits per heavy atom. The lowest BCUT2D eigenvalue weighted by molar-refractivity contribution is -0.127. The Bertz CT molecular complexity index is 587. The zero-order valence-electron chi connectivity index (χ0n) is 16.7. The Kier molecular flexibility index (Phi) is 7.41. The summed E-state index contributed by atoms with van der Waals surface area (Å²) in [4.78, 5) is 26.2. The quantitative estimate of drug-likeness (QED) is 0.728. The number of carbonyl (C=O) groups excluding carboxylic acids is 1. The van der Waals surface area contributed by atoms with Gasteiger partial charge in [0.15, 0.2) is 0 Å². The van der Waals surface area contributed by atoms with Gasteiger partial charge in [0.05, 0.1) is 12.5 Å². The smallest absolute Gasteiger partial charge is 0.225 e. The van der Waals surface area contributed by atoms with Crippen molar-refractivity contribution >= 4 is 11.9 Å². The molecule has 7 heteroatoms. The molecular formula is C20H33N5O2. The highest BCUT2D eigenvalue weighted by molar-refractivity contribution is 5.78. The molecule has 2 saturated heterocycles. The second-order valence-electron chi connectivity index (χ2n) is 7.58. The number of methoxy groups -OCH3 is 1. The summed E-state index contributed by atoms with van der Waals surface area (Å²) < 4.78 is 5.02. The second kappa shape index (κ2) is 9.99. The third-order valence-electron chi connectivity index (χ3n) is 5.79. The average Bonchev–Trinajstić information content (AvgIpc) is 2.74. The van der Waals surface area contributed by atoms with Crippen LogP contribution < -0.4 is 10.2 Å². The van der Waals surface area contributed by atoms with E-state index in [-0.39, 0.29) is 11.8 Å². The Balaban J connectivity index is 1.47. The molecule has 7 nitrogen and oxygen atoms in total. The number of aromatic nitrogens is 2. The van der Waals surface area contributed by atoms with Gasteiger partial charge in [-0.15, -0.1) is 0 Å². The minimum absolute atomic E-state index is 0.110. The van der Waals surface area contributed by atoms with Gasteiger partial charge < -0.3 is 15.0 Å². The van der Waals surface area contributed by atoms with E-state index in [9.17, 15) is 4.79 Å². The molecule has 3 heterocycles. The molecule has 0 aliphatic carbocycles. The molecule has 0 spiro atoms. The van der Waals surface area contributed by atoms with Crippen LogP contribution in [0.4, 0.5) is 5.95 Å². The zero-order valence-corrected chi connectivity index (χ0v) is 16.7. The number of likely N-dealkylation sites (tertiary alicyclic amines) is 1. The maximum atomic E-state index is 12.4. The van der Waals surface area contributed by atoms with Crippen LogP contribution in [0.3, 0.4) is 0 Å². The number of nitrogens with one attached hydrogen (secondary N) is 1. The summed E-state index contributed by atoms with van der Waals surface area (Å²) in [6, 6.07) is 0.561. The summed E-state index contributed by atoms with van der Waals surface area (Å²) >= 11 is 0. The number of hydrogen-bond donors (Lipinski definition) is 1. The summed E-state index contributed by atoms with van der Waals surface area (Å²) in [5, 5.41) is 3.00. The largest absolute Gasteiger partial charge is 0.383 e. The second-order valence-corrected chi connectivity index (χ2v) is 7.58. The Labute approximate surface area is 162 Å². The van der Waals surface area contributed by atoms with Gasteiger partial charge >= 0.3 is 0 Å². The molecule has 1 atom stereocenters. The van der Waals surface area contributed by atoms with Gasteiger partial charge in [-0.05, 0) is 44.2 Å². The highest BCUT2D eigenvalue weighted by Crippen LogP contribution is 2.25. The van der Waals surface area contributed by atoms with Crippen molar-refractivity contribution in [1.82, 2.24) is 20.2 Å². The van der Waals surface area contributed by atoms with E-state index in [0.29, 0.717) is 19.2 Å². The topological polar surface area (TPSA) is 70.6 Å². The van der Waals surface area contributed by atoms with Gasteiger partial charge in [0, 0.05) is 51.7 Å². The van der Waals surface area contributed by atoms with E-state index in [0.717, 1.165) is 64.2 Å². The molecule has 0 bridgehead atoms. The predicted octanol–water partition coefficient (Wildman–Crippen LogP) is 1.48. The highest BCUT2D eigenvalue weighted by Gasteiger charge is 2.31. The number of anilines is 1. The number of piperidine rings is 2. The number of aryl methyl sites for hydroxylation is 1. The van der Waals surface area contributed by atoms with Crippen molar-refractivity contribution in [3.63, 3.8) is 0 Å². The molecule has 1 N–H and O–H groups in total. The third kappa shape index (κ3) is 5.39. The minimum atomic E-state index is 0.110. The van der Waals surface area contributed by atoms with Gasteiger partial charge in [-0.25, -0.2) is 9.97 Å². The summed E-state index contributed by atoms with van der Waals surface area (Å²) in [6.45, 7) is 7.24. The summed E-state index contributed by atoms with van der Waals surface area (Å²) in [5.74, 6) is 1.14. The molecule has 2 aliphatic heterocycles. The molecule has 0 aromatic carbocycles. The van der Waals surface area contributed by atoms with Gasteiger partial charge in [-0.2, -0.15) is 0 Å². The third-order valence-corrected chi connectivity index (χ3v) is 5.79. The van der Waals surface area contributed by atoms with Crippen molar-refractivity contribution in [3.8, 4) is 0 Å². The molecule has 3 rings (SSSR count). The maximum Gasteiger partial charge on any atom is 0.225 e. The van der Waals surface area contributed by atoms with Crippen LogP contribution in [0, 0.1) is 5.92 Å². The number of carbonyl (C=O) groups is 1. The van der Waals surface area contributed by atoms with E-state index in [4.69, 9.17) is 4.74 Å². The van der Waals surface area contributed by atoms with Crippen LogP contribution in [0.15, 0.2) is 12.4 Å². The van der Waals surface area contributed by atoms with Crippen molar-refractivity contribution in [3.05, 3.63) is 18.0 Å². The average molecular weight is 376 g/mol. The molecule has 0 unspecified atom stereocenters. The van der Waals surface area contributed by atoms with E-state index in [1.165, 1.54) is 5.56 Å². The molecule has 2 aliphatic rings. The van der Waals surface area contributed by atoms with Crippen molar-refractivity contribution in [2.45, 2.75) is 45.1 Å². The molecule has 1 aromatic heterocycles. The number of hydrogen-bond acceptors (Lipinski definition) is 6. The Hall–Kier alpha value is -1.73. The number of amides is 1. The molecule has 0 radical (unpaired) electrons. The van der Waals surface area contributed by atoms with Gasteiger partial charge in [0.25, 0.3) is 0 Å². The van der Waals surface area contributed by atoms with Gasteiger partial charge in [0.2, 0.25) is 11.9 Å². The van der Waals surface area contributed by atoms with Crippen LogP contribution in [-0.2, 0) is 16.0 Å². The van der Waals surface area contributed by atoms with Crippen molar-refractivity contribution in [2.24, 2.45) is 5.92 Å². The number of nitrogens with zero attached hydrogens (tertiary/aromatic N) is 4. The maximum absolute atomic E-state index is 12.4. The normalized spacial score (nSPS) is 22.0. The predicted molar refractivity (Wildman–Crippen MR) is 106 cm³/mol. The first-order valence-electron chi connectivity index (χ1n) is 10.3. The van der Waals surface area contributed by atoms with Crippen LogP contribution in [-0.4, -0.2) is 73.3 Å². The lowest BCUT2D eigenvalue weighted by atomic mass is 9.93. The summed E-state index contributed by atoms with van der Waals surface area (Å²) in [6.07, 6.45) is 9.15. The summed E-state index contributed by atoms with van der Waals surface area (Å²) in [5.41, 5.74) is 1.18. The minimum Gasteiger partial charge on any atom is -0.383 e. The van der Waals surface area contributed by atoms with Gasteiger partial charge in [0.1, 0.15) is 0 Å². The lowest BCUT2D eigenvalue weighted by Crippen LogP contribution is -2.51. The van der Waals surface area contributed by atoms with Crippen molar-refractivity contribution in [2.75, 3.05) is 51.3 Å². The van der Waals surface area contributed by atoms with Crippen LogP contribution >= 0.6 is 0 Å². The standard InChI is InChI=1S/C20H33N5O2/c1-3-16-13-22-20(23-14-16)24-10-6-18(7-11-24)25-9-4-5-17(15-25)19(26)21-8-12-27-2/h13-14,17-18H,3-12,15H2,1-2H3,(H,21,26)/t17-/m1/s1. The van der Waals surface area contributed by atoms with Gasteiger partial charge in [-0.3, -0.25) is 9.69 Å². The fraction of sp³-hybridized carbons (Fsp3) is 0.750. The van der Waals surface area contributed by atoms with Crippen molar-refractivity contribution in [1.29, 1.82) is 0 Å². The lowest BCUT2D eigenvalue weighted by Gasteiger charge is -2.42. The van der Waals surface area contributed by atoms with Crippen LogP contribution in [0.25, 0.3) is 0 Å². The zero-order chi connectivity index (χ0) is 19.1. The molecule has 0 saturated carbocycles. The monoisotopic (exact) mass is 375 g/mol. The Morgan fingerprint density at radius 3 is 2.63 bits per heavy atom. The van der Waals surface area contributed by atoms with E-state index in [1.807, 2.05) is 12.4 Å². The number of rotatable bonds is 7. The van der Waals surface area contributed by atoms with E-state index < -0.39 is 0 Å². The summed E-state index contributed by atoms with van der Waals surface area (Å²) in [7, 11) is 1.66. The molecule has 150 valence electrons. The Morgan fingerprint density at radius 1 is 1.22 bits per heavy atom. The molecule has 1 aromatic rings. The SMILES string of the molecule is CCc1cnc(N2CCC(N3CCC[C@@H](C(=O)NCCOC)C3)CC2)nc1. The van der Waals surface area contributed by atoms with Crippen LogP contribution in [0.5, 0.6) is 0 Å². The van der Waals surface area contributed by atoms with Crippen LogP contribution in [0.2, 0.25) is 0 Å². The van der Waals surface area contributed by atoms with Crippen molar-refractivity contribution < 1.29 is 9.53 Å².